The van der Waals surface area contributed by atoms with Gasteiger partial charge in [-0.05, 0) is 36.0 Å². The first-order valence-corrected chi connectivity index (χ1v) is 5.49. The van der Waals surface area contributed by atoms with Crippen LogP contribution in [-0.2, 0) is 6.42 Å². The fourth-order valence-electron chi connectivity index (χ4n) is 1.93. The monoisotopic (exact) mass is 190 g/mol. The van der Waals surface area contributed by atoms with E-state index in [1.165, 1.54) is 24.0 Å². The Morgan fingerprint density at radius 1 is 1.57 bits per heavy atom. The summed E-state index contributed by atoms with van der Waals surface area (Å²) in [6.45, 7) is 2.17. The number of nitrogens with two attached hydrogens (primary N) is 1. The van der Waals surface area contributed by atoms with E-state index in [9.17, 15) is 0 Å². The Labute approximate surface area is 85.5 Å². The first-order valence-electron chi connectivity index (χ1n) is 5.49. The highest BCUT2D eigenvalue weighted by atomic mass is 14.7. The van der Waals surface area contributed by atoms with Crippen molar-refractivity contribution in [3.8, 4) is 0 Å². The van der Waals surface area contributed by atoms with E-state index in [2.05, 4.69) is 18.0 Å². The minimum Gasteiger partial charge on any atom is -0.324 e. The van der Waals surface area contributed by atoms with Gasteiger partial charge < -0.3 is 5.73 Å². The molecule has 0 aromatic carbocycles. The molecule has 1 atom stereocenters. The molecule has 0 amide bonds. The number of hydrogen-bond acceptors (Lipinski definition) is 2. The van der Waals surface area contributed by atoms with Crippen molar-refractivity contribution in [2.24, 2.45) is 11.7 Å². The molecule has 1 aliphatic carbocycles. The van der Waals surface area contributed by atoms with Crippen LogP contribution in [0.5, 0.6) is 0 Å². The smallest absolute Gasteiger partial charge is 0.0318 e. The quantitative estimate of drug-likeness (QED) is 0.792. The predicted octanol–water partition coefficient (Wildman–Crippen LogP) is 2.44. The maximum Gasteiger partial charge on any atom is 0.0318 e. The topological polar surface area (TPSA) is 38.9 Å². The van der Waals surface area contributed by atoms with Crippen LogP contribution in [0.15, 0.2) is 18.5 Å². The van der Waals surface area contributed by atoms with E-state index >= 15 is 0 Å². The molecule has 1 aromatic heterocycles. The third-order valence-corrected chi connectivity index (χ3v) is 3.01. The van der Waals surface area contributed by atoms with Crippen LogP contribution in [0, 0.1) is 5.92 Å². The fourth-order valence-corrected chi connectivity index (χ4v) is 1.93. The molecule has 1 aromatic rings. The summed E-state index contributed by atoms with van der Waals surface area (Å²) >= 11 is 0. The van der Waals surface area contributed by atoms with Gasteiger partial charge in [0.15, 0.2) is 0 Å². The van der Waals surface area contributed by atoms with Crippen LogP contribution in [0.2, 0.25) is 0 Å². The van der Waals surface area contributed by atoms with Crippen LogP contribution in [0.25, 0.3) is 0 Å². The summed E-state index contributed by atoms with van der Waals surface area (Å²) in [5, 5.41) is 0. The van der Waals surface area contributed by atoms with E-state index in [1.807, 2.05) is 12.4 Å². The molecular weight excluding hydrogens is 172 g/mol. The molecule has 76 valence electrons. The fraction of sp³-hybridized carbons (Fsp3) is 0.583. The van der Waals surface area contributed by atoms with Gasteiger partial charge in [-0.3, -0.25) is 4.98 Å². The zero-order chi connectivity index (χ0) is 9.97. The molecule has 2 N–H and O–H groups in total. The number of hydrogen-bond donors (Lipinski definition) is 1. The lowest BCUT2D eigenvalue weighted by Gasteiger charge is -2.14. The van der Waals surface area contributed by atoms with Crippen molar-refractivity contribution in [2.75, 3.05) is 0 Å². The average Bonchev–Trinajstić information content (AvgIpc) is 3.01. The van der Waals surface area contributed by atoms with Crippen molar-refractivity contribution in [1.82, 2.24) is 4.98 Å². The van der Waals surface area contributed by atoms with Crippen LogP contribution < -0.4 is 5.73 Å². The predicted molar refractivity (Wildman–Crippen MR) is 57.9 cm³/mol. The van der Waals surface area contributed by atoms with Crippen molar-refractivity contribution in [1.29, 1.82) is 0 Å². The first kappa shape index (κ1) is 9.66. The van der Waals surface area contributed by atoms with Crippen molar-refractivity contribution in [2.45, 2.75) is 38.6 Å². The molecule has 1 fully saturated rings. The van der Waals surface area contributed by atoms with Crippen molar-refractivity contribution in [3.63, 3.8) is 0 Å². The van der Waals surface area contributed by atoms with Crippen LogP contribution in [0.1, 0.15) is 43.4 Å². The molecule has 0 saturated heterocycles. The second kappa shape index (κ2) is 4.09. The highest BCUT2D eigenvalue weighted by Crippen LogP contribution is 2.37. The van der Waals surface area contributed by atoms with Gasteiger partial charge in [-0.1, -0.05) is 19.8 Å². The van der Waals surface area contributed by atoms with E-state index in [0.717, 1.165) is 18.8 Å². The van der Waals surface area contributed by atoms with Gasteiger partial charge in [0.05, 0.1) is 0 Å². The Bertz CT molecular complexity index is 305. The van der Waals surface area contributed by atoms with Crippen LogP contribution >= 0.6 is 0 Å². The Morgan fingerprint density at radius 3 is 3.00 bits per heavy atom. The van der Waals surface area contributed by atoms with Gasteiger partial charge in [-0.2, -0.15) is 0 Å². The van der Waals surface area contributed by atoms with Gasteiger partial charge in [0.1, 0.15) is 0 Å². The van der Waals surface area contributed by atoms with Gasteiger partial charge in [0, 0.05) is 18.4 Å². The molecule has 0 bridgehead atoms. The van der Waals surface area contributed by atoms with Gasteiger partial charge in [0.25, 0.3) is 0 Å². The summed E-state index contributed by atoms with van der Waals surface area (Å²) in [4.78, 5) is 4.16. The van der Waals surface area contributed by atoms with Crippen molar-refractivity contribution < 1.29 is 0 Å². The molecule has 0 aliphatic heterocycles. The lowest BCUT2D eigenvalue weighted by atomic mass is 9.98. The molecule has 0 radical (unpaired) electrons. The minimum atomic E-state index is 0.200. The van der Waals surface area contributed by atoms with E-state index < -0.39 is 0 Å². The molecule has 14 heavy (non-hydrogen) atoms. The Hall–Kier alpha value is -0.890. The zero-order valence-electron chi connectivity index (χ0n) is 8.74. The van der Waals surface area contributed by atoms with Gasteiger partial charge >= 0.3 is 0 Å². The summed E-state index contributed by atoms with van der Waals surface area (Å²) in [5.41, 5.74) is 8.78. The third kappa shape index (κ3) is 2.13. The van der Waals surface area contributed by atoms with E-state index in [1.54, 1.807) is 0 Å². The summed E-state index contributed by atoms with van der Waals surface area (Å²) in [6.07, 6.45) is 8.72. The summed E-state index contributed by atoms with van der Waals surface area (Å²) in [6, 6.07) is 2.29. The second-order valence-corrected chi connectivity index (χ2v) is 4.21. The molecular formula is C12H18N2. The zero-order valence-corrected chi connectivity index (χ0v) is 8.74. The normalized spacial score (nSPS) is 18.1. The molecule has 1 unspecified atom stereocenters. The highest BCUT2D eigenvalue weighted by molar-refractivity contribution is 5.26. The van der Waals surface area contributed by atoms with E-state index in [4.69, 9.17) is 5.73 Å². The second-order valence-electron chi connectivity index (χ2n) is 4.21. The molecule has 0 spiro atoms. The summed E-state index contributed by atoms with van der Waals surface area (Å²) in [7, 11) is 0. The maximum atomic E-state index is 6.17. The van der Waals surface area contributed by atoms with E-state index in [0.29, 0.717) is 0 Å². The summed E-state index contributed by atoms with van der Waals surface area (Å²) < 4.78 is 0. The molecule has 2 nitrogen and oxygen atoms in total. The first-order chi connectivity index (χ1) is 6.81. The number of nitrogens with zero attached hydrogens (tertiary/aromatic N) is 1. The van der Waals surface area contributed by atoms with Crippen molar-refractivity contribution >= 4 is 0 Å². The summed E-state index contributed by atoms with van der Waals surface area (Å²) in [5.74, 6) is 0.884. The number of aryl methyl sites for hydroxylation is 1. The minimum absolute atomic E-state index is 0.200. The SMILES string of the molecule is CCc1ccncc1C(N)CC1CC1. The Kier molecular flexibility index (Phi) is 2.82. The number of pyridine rings is 1. The number of rotatable bonds is 4. The molecule has 1 heterocycles. The molecule has 1 saturated carbocycles. The van der Waals surface area contributed by atoms with E-state index in [-0.39, 0.29) is 6.04 Å². The van der Waals surface area contributed by atoms with Gasteiger partial charge in [-0.25, -0.2) is 0 Å². The molecule has 2 heteroatoms. The van der Waals surface area contributed by atoms with Gasteiger partial charge in [-0.15, -0.1) is 0 Å². The standard InChI is InChI=1S/C12H18N2/c1-2-10-5-6-14-8-11(10)12(13)7-9-3-4-9/h5-6,8-9,12H,2-4,7,13H2,1H3. The lowest BCUT2D eigenvalue weighted by molar-refractivity contribution is 0.591. The largest absolute Gasteiger partial charge is 0.324 e. The number of aromatic nitrogens is 1. The average molecular weight is 190 g/mol. The lowest BCUT2D eigenvalue weighted by Crippen LogP contribution is -2.13. The Morgan fingerprint density at radius 2 is 2.36 bits per heavy atom. The third-order valence-electron chi connectivity index (χ3n) is 3.01. The highest BCUT2D eigenvalue weighted by Gasteiger charge is 2.25. The van der Waals surface area contributed by atoms with Crippen molar-refractivity contribution in [3.05, 3.63) is 29.6 Å². The Balaban J connectivity index is 2.11. The maximum absolute atomic E-state index is 6.17. The van der Waals surface area contributed by atoms with Crippen LogP contribution in [0.4, 0.5) is 0 Å². The molecule has 1 aliphatic rings. The van der Waals surface area contributed by atoms with Crippen LogP contribution in [0.3, 0.4) is 0 Å². The van der Waals surface area contributed by atoms with Gasteiger partial charge in [0.2, 0.25) is 0 Å². The molecule has 2 rings (SSSR count). The van der Waals surface area contributed by atoms with Crippen LogP contribution in [-0.4, -0.2) is 4.98 Å².